The van der Waals surface area contributed by atoms with Crippen LogP contribution in [0.2, 0.25) is 0 Å². The van der Waals surface area contributed by atoms with Crippen LogP contribution in [0.5, 0.6) is 17.2 Å². The van der Waals surface area contributed by atoms with Crippen LogP contribution in [-0.2, 0) is 4.84 Å². The number of ether oxygens (including phenoxy) is 3. The maximum atomic E-state index is 5.68. The third-order valence-corrected chi connectivity index (χ3v) is 5.08. The molecule has 0 fully saturated rings. The molecule has 2 aromatic carbocycles. The van der Waals surface area contributed by atoms with Gasteiger partial charge in [-0.15, -0.1) is 24.8 Å². The molecule has 1 aliphatic rings. The van der Waals surface area contributed by atoms with Crippen LogP contribution in [0, 0.1) is 0 Å². The molecule has 9 heteroatoms. The highest BCUT2D eigenvalue weighted by molar-refractivity contribution is 6.30. The smallest absolute Gasteiger partial charge is 0.161 e. The molecule has 0 bridgehead atoms. The monoisotopic (exact) mass is 467 g/mol. The Morgan fingerprint density at radius 1 is 0.903 bits per heavy atom. The zero-order chi connectivity index (χ0) is 20.5. The number of nitrogens with zero attached hydrogens (tertiary/aromatic N) is 2. The molecule has 4 rings (SSSR count). The van der Waals surface area contributed by atoms with Gasteiger partial charge in [0, 0.05) is 34.1 Å². The summed E-state index contributed by atoms with van der Waals surface area (Å²) >= 11 is 0. The van der Waals surface area contributed by atoms with E-state index in [2.05, 4.69) is 15.0 Å². The number of benzene rings is 2. The average Bonchev–Trinajstić information content (AvgIpc) is 3.24. The first-order valence-corrected chi connectivity index (χ1v) is 9.39. The fourth-order valence-corrected chi connectivity index (χ4v) is 3.59. The number of oxime groups is 1. The third-order valence-electron chi connectivity index (χ3n) is 5.08. The molecule has 0 radical (unpaired) electrons. The van der Waals surface area contributed by atoms with Gasteiger partial charge in [0.2, 0.25) is 0 Å². The molecule has 7 nitrogen and oxygen atoms in total. The Morgan fingerprint density at radius 2 is 1.58 bits per heavy atom. The van der Waals surface area contributed by atoms with E-state index in [1.807, 2.05) is 44.4 Å². The molecule has 0 aliphatic heterocycles. The van der Waals surface area contributed by atoms with Gasteiger partial charge in [0.25, 0.3) is 0 Å². The minimum Gasteiger partial charge on any atom is -0.497 e. The summed E-state index contributed by atoms with van der Waals surface area (Å²) in [5.74, 6) is 2.11. The van der Waals surface area contributed by atoms with E-state index in [0.717, 1.165) is 51.3 Å². The van der Waals surface area contributed by atoms with Crippen molar-refractivity contribution in [1.82, 2.24) is 9.88 Å². The van der Waals surface area contributed by atoms with E-state index in [1.54, 1.807) is 21.3 Å². The summed E-state index contributed by atoms with van der Waals surface area (Å²) in [4.78, 5) is 11.2. The largest absolute Gasteiger partial charge is 0.497 e. The van der Waals surface area contributed by atoms with E-state index in [4.69, 9.17) is 19.0 Å². The van der Waals surface area contributed by atoms with Crippen LogP contribution < -0.4 is 14.2 Å². The Morgan fingerprint density at radius 3 is 2.19 bits per heavy atom. The molecule has 3 aromatic rings. The van der Waals surface area contributed by atoms with Crippen molar-refractivity contribution in [3.05, 3.63) is 41.5 Å². The fourth-order valence-electron chi connectivity index (χ4n) is 3.59. The third kappa shape index (κ3) is 4.39. The number of methoxy groups -OCH3 is 3. The van der Waals surface area contributed by atoms with Gasteiger partial charge >= 0.3 is 0 Å². The van der Waals surface area contributed by atoms with Gasteiger partial charge in [-0.25, -0.2) is 0 Å². The Hall–Kier alpha value is -2.61. The van der Waals surface area contributed by atoms with Crippen LogP contribution in [-0.4, -0.2) is 64.2 Å². The summed E-state index contributed by atoms with van der Waals surface area (Å²) in [5, 5.41) is 5.55. The standard InChI is InChI=1S/C22H25N3O4.2ClH/c1-25(2)8-9-29-24-22-15-12-19(28-5)18(27-4)11-14(15)21-20(22)16-10-13(26-3)6-7-17(16)23-21;;/h6-7,10-12,23H,8-9H2,1-5H3;2*1H/b24-22-;;. The summed E-state index contributed by atoms with van der Waals surface area (Å²) in [6, 6.07) is 9.88. The molecular formula is C22H27Cl2N3O4. The average molecular weight is 468 g/mol. The minimum atomic E-state index is 0. The van der Waals surface area contributed by atoms with E-state index in [-0.39, 0.29) is 24.8 Å². The number of H-pyrrole nitrogens is 1. The minimum absolute atomic E-state index is 0. The maximum absolute atomic E-state index is 5.68. The SMILES string of the molecule is COc1ccc2[nH]c3c(c2c1)/C(=N\OCCN(C)C)c1cc(OC)c(OC)cc1-3.Cl.Cl. The number of hydrogen-bond acceptors (Lipinski definition) is 6. The molecule has 1 aliphatic carbocycles. The number of rotatable bonds is 7. The van der Waals surface area contributed by atoms with Crippen molar-refractivity contribution < 1.29 is 19.0 Å². The molecule has 0 spiro atoms. The second-order valence-electron chi connectivity index (χ2n) is 7.12. The molecule has 1 heterocycles. The summed E-state index contributed by atoms with van der Waals surface area (Å²) in [7, 11) is 8.93. The van der Waals surface area contributed by atoms with Crippen molar-refractivity contribution in [2.45, 2.75) is 0 Å². The van der Waals surface area contributed by atoms with Crippen molar-refractivity contribution in [2.24, 2.45) is 5.16 Å². The lowest BCUT2D eigenvalue weighted by molar-refractivity contribution is 0.126. The molecule has 1 N–H and O–H groups in total. The molecule has 1 aromatic heterocycles. The Balaban J connectivity index is 0.00000171. The number of aromatic nitrogens is 1. The lowest BCUT2D eigenvalue weighted by Gasteiger charge is -2.11. The zero-order valence-electron chi connectivity index (χ0n) is 18.1. The van der Waals surface area contributed by atoms with Gasteiger partial charge in [0.05, 0.1) is 27.0 Å². The van der Waals surface area contributed by atoms with Crippen molar-refractivity contribution in [3.8, 4) is 28.5 Å². The van der Waals surface area contributed by atoms with Crippen LogP contribution in [0.25, 0.3) is 22.2 Å². The van der Waals surface area contributed by atoms with E-state index in [9.17, 15) is 0 Å². The molecular weight excluding hydrogens is 441 g/mol. The summed E-state index contributed by atoms with van der Waals surface area (Å²) in [6.07, 6.45) is 0. The lowest BCUT2D eigenvalue weighted by atomic mass is 10.1. The predicted octanol–water partition coefficient (Wildman–Crippen LogP) is 4.35. The highest BCUT2D eigenvalue weighted by atomic mass is 35.5. The highest BCUT2D eigenvalue weighted by Gasteiger charge is 2.32. The predicted molar refractivity (Wildman–Crippen MR) is 128 cm³/mol. The summed E-state index contributed by atoms with van der Waals surface area (Å²) in [6.45, 7) is 1.28. The second-order valence-corrected chi connectivity index (χ2v) is 7.12. The second kappa shape index (κ2) is 10.1. The van der Waals surface area contributed by atoms with Gasteiger partial charge in [-0.1, -0.05) is 5.16 Å². The highest BCUT2D eigenvalue weighted by Crippen LogP contribution is 2.45. The molecule has 168 valence electrons. The molecule has 0 unspecified atom stereocenters. The maximum Gasteiger partial charge on any atom is 0.161 e. The summed E-state index contributed by atoms with van der Waals surface area (Å²) in [5.41, 5.74) is 5.71. The van der Waals surface area contributed by atoms with Crippen molar-refractivity contribution in [3.63, 3.8) is 0 Å². The van der Waals surface area contributed by atoms with Crippen LogP contribution in [0.3, 0.4) is 0 Å². The van der Waals surface area contributed by atoms with Gasteiger partial charge in [-0.2, -0.15) is 0 Å². The summed E-state index contributed by atoms with van der Waals surface area (Å²) < 4.78 is 16.5. The van der Waals surface area contributed by atoms with Gasteiger partial charge in [-0.3, -0.25) is 0 Å². The first-order chi connectivity index (χ1) is 14.1. The Bertz CT molecular complexity index is 1100. The van der Waals surface area contributed by atoms with E-state index in [1.165, 1.54) is 0 Å². The van der Waals surface area contributed by atoms with Crippen molar-refractivity contribution >= 4 is 41.4 Å². The number of hydrogen-bond donors (Lipinski definition) is 1. The van der Waals surface area contributed by atoms with Crippen molar-refractivity contribution in [1.29, 1.82) is 0 Å². The number of likely N-dealkylation sites (N-methyl/N-ethyl adjacent to an activating group) is 1. The molecule has 0 saturated carbocycles. The first-order valence-electron chi connectivity index (χ1n) is 9.39. The topological polar surface area (TPSA) is 68.3 Å². The van der Waals surface area contributed by atoms with Crippen LogP contribution in [0.15, 0.2) is 35.5 Å². The van der Waals surface area contributed by atoms with E-state index < -0.39 is 0 Å². The Labute approximate surface area is 194 Å². The lowest BCUT2D eigenvalue weighted by Crippen LogP contribution is -2.17. The van der Waals surface area contributed by atoms with Gasteiger partial charge < -0.3 is 28.9 Å². The number of fused-ring (bicyclic) bond motifs is 5. The zero-order valence-corrected chi connectivity index (χ0v) is 19.8. The number of nitrogens with one attached hydrogen (secondary N) is 1. The van der Waals surface area contributed by atoms with Crippen molar-refractivity contribution in [2.75, 3.05) is 48.6 Å². The van der Waals surface area contributed by atoms with E-state index >= 15 is 0 Å². The van der Waals surface area contributed by atoms with Crippen LogP contribution in [0.4, 0.5) is 0 Å². The first kappa shape index (κ1) is 24.7. The fraction of sp³-hybridized carbons (Fsp3) is 0.318. The quantitative estimate of drug-likeness (QED) is 0.323. The van der Waals surface area contributed by atoms with Gasteiger partial charge in [0.15, 0.2) is 11.5 Å². The van der Waals surface area contributed by atoms with Crippen LogP contribution >= 0.6 is 24.8 Å². The number of aromatic amines is 1. The van der Waals surface area contributed by atoms with E-state index in [0.29, 0.717) is 18.1 Å². The van der Waals surface area contributed by atoms with Crippen LogP contribution in [0.1, 0.15) is 11.1 Å². The Kier molecular flexibility index (Phi) is 8.06. The van der Waals surface area contributed by atoms with Gasteiger partial charge in [0.1, 0.15) is 18.1 Å². The molecule has 0 saturated heterocycles. The van der Waals surface area contributed by atoms with Gasteiger partial charge in [-0.05, 0) is 44.4 Å². The molecule has 31 heavy (non-hydrogen) atoms. The normalized spacial score (nSPS) is 12.8. The number of halogens is 2. The molecule has 0 amide bonds. The molecule has 0 atom stereocenters.